The molecule has 1 aliphatic heterocycles. The third kappa shape index (κ3) is 3.29. The number of hydrogen-bond donors (Lipinski definition) is 2. The number of H-pyrrole nitrogens is 1. The molecule has 0 radical (unpaired) electrons. The summed E-state index contributed by atoms with van der Waals surface area (Å²) in [7, 11) is -3.50. The number of aromatic amines is 1. The molecule has 0 saturated heterocycles. The zero-order valence-electron chi connectivity index (χ0n) is 14.8. The summed E-state index contributed by atoms with van der Waals surface area (Å²) in [6.45, 7) is 0. The number of carbonyl (C=O) groups is 1. The molecule has 0 unspecified atom stereocenters. The number of aromatic nitrogens is 1. The van der Waals surface area contributed by atoms with Crippen molar-refractivity contribution in [1.82, 2.24) is 4.98 Å². The third-order valence-electron chi connectivity index (χ3n) is 4.51. The smallest absolute Gasteiger partial charge is 0.266 e. The molecule has 0 fully saturated rings. The Hall–Kier alpha value is -4.14. The number of fused-ring (bicyclic) bond motifs is 2. The van der Waals surface area contributed by atoms with Gasteiger partial charge in [0.2, 0.25) is 9.84 Å². The fourth-order valence-corrected chi connectivity index (χ4v) is 4.29. The van der Waals surface area contributed by atoms with Gasteiger partial charge >= 0.3 is 0 Å². The standard InChI is InChI=1S/C21H12N4O3S/c22-10-13-1-4-19-18(7-13)16(12-24-19)8-15(11-23)21(26)25-17-3-2-14-5-6-29(27,28)20(14)9-17/h1-9,12,24H,(H,25,26). The molecule has 3 aromatic rings. The average molecular weight is 400 g/mol. The maximum absolute atomic E-state index is 12.6. The van der Waals surface area contributed by atoms with Crippen LogP contribution in [0.4, 0.5) is 5.69 Å². The van der Waals surface area contributed by atoms with E-state index in [1.54, 1.807) is 36.5 Å². The highest BCUT2D eigenvalue weighted by atomic mass is 32.2. The summed E-state index contributed by atoms with van der Waals surface area (Å²) in [6, 6.07) is 13.5. The average Bonchev–Trinajstić information content (AvgIpc) is 3.25. The number of hydrogen-bond acceptors (Lipinski definition) is 5. The van der Waals surface area contributed by atoms with E-state index < -0.39 is 15.7 Å². The molecule has 4 rings (SSSR count). The topological polar surface area (TPSA) is 127 Å². The van der Waals surface area contributed by atoms with Gasteiger partial charge in [0.15, 0.2) is 0 Å². The van der Waals surface area contributed by atoms with E-state index in [9.17, 15) is 18.5 Å². The molecule has 0 spiro atoms. The number of nitriles is 2. The third-order valence-corrected chi connectivity index (χ3v) is 5.97. The predicted molar refractivity (Wildman–Crippen MR) is 108 cm³/mol. The summed E-state index contributed by atoms with van der Waals surface area (Å²) < 4.78 is 24.0. The van der Waals surface area contributed by atoms with Gasteiger partial charge in [0.25, 0.3) is 5.91 Å². The molecule has 2 heterocycles. The summed E-state index contributed by atoms with van der Waals surface area (Å²) in [5.41, 5.74) is 2.48. The molecule has 2 N–H and O–H groups in total. The van der Waals surface area contributed by atoms with Crippen LogP contribution in [-0.2, 0) is 14.6 Å². The van der Waals surface area contributed by atoms with Crippen molar-refractivity contribution in [2.24, 2.45) is 0 Å². The van der Waals surface area contributed by atoms with Crippen LogP contribution in [0, 0.1) is 22.7 Å². The lowest BCUT2D eigenvalue weighted by atomic mass is 10.1. The number of carbonyl (C=O) groups excluding carboxylic acids is 1. The van der Waals surface area contributed by atoms with E-state index in [0.29, 0.717) is 22.1 Å². The van der Waals surface area contributed by atoms with Gasteiger partial charge in [-0.15, -0.1) is 0 Å². The van der Waals surface area contributed by atoms with Gasteiger partial charge in [-0.2, -0.15) is 10.5 Å². The molecule has 8 heteroatoms. The SMILES string of the molecule is N#CC(=Cc1c[nH]c2ccc(C#N)cc12)C(=O)Nc1ccc2c(c1)S(=O)(=O)C=C2. The maximum Gasteiger partial charge on any atom is 0.266 e. The van der Waals surface area contributed by atoms with Crippen LogP contribution in [0.3, 0.4) is 0 Å². The zero-order valence-corrected chi connectivity index (χ0v) is 15.6. The number of benzene rings is 2. The van der Waals surface area contributed by atoms with Crippen molar-refractivity contribution in [3.63, 3.8) is 0 Å². The second-order valence-corrected chi connectivity index (χ2v) is 8.14. The fourth-order valence-electron chi connectivity index (χ4n) is 3.07. The van der Waals surface area contributed by atoms with Crippen LogP contribution in [0.25, 0.3) is 23.1 Å². The highest BCUT2D eigenvalue weighted by Crippen LogP contribution is 2.29. The normalized spacial score (nSPS) is 14.2. The summed E-state index contributed by atoms with van der Waals surface area (Å²) in [5.74, 6) is -0.665. The van der Waals surface area contributed by atoms with Gasteiger partial charge in [-0.3, -0.25) is 4.79 Å². The van der Waals surface area contributed by atoms with Crippen molar-refractivity contribution in [2.75, 3.05) is 5.32 Å². The van der Waals surface area contributed by atoms with E-state index in [4.69, 9.17) is 5.26 Å². The van der Waals surface area contributed by atoms with Crippen molar-refractivity contribution in [2.45, 2.75) is 4.90 Å². The van der Waals surface area contributed by atoms with Gasteiger partial charge in [-0.1, -0.05) is 6.07 Å². The van der Waals surface area contributed by atoms with Gasteiger partial charge in [-0.25, -0.2) is 8.42 Å². The Morgan fingerprint density at radius 1 is 1.14 bits per heavy atom. The summed E-state index contributed by atoms with van der Waals surface area (Å²) >= 11 is 0. The molecule has 0 bridgehead atoms. The Labute approximate surface area is 166 Å². The molecule has 1 aromatic heterocycles. The van der Waals surface area contributed by atoms with E-state index in [2.05, 4.69) is 16.4 Å². The van der Waals surface area contributed by atoms with Crippen LogP contribution in [0.15, 0.2) is 58.5 Å². The molecule has 29 heavy (non-hydrogen) atoms. The van der Waals surface area contributed by atoms with E-state index in [0.717, 1.165) is 10.9 Å². The molecule has 2 aromatic carbocycles. The van der Waals surface area contributed by atoms with Crippen LogP contribution < -0.4 is 5.32 Å². The van der Waals surface area contributed by atoms with Crippen LogP contribution in [0.5, 0.6) is 0 Å². The molecule has 1 amide bonds. The fraction of sp³-hybridized carbons (Fsp3) is 0. The first kappa shape index (κ1) is 18.2. The molecular formula is C21H12N4O3S. The Morgan fingerprint density at radius 3 is 2.72 bits per heavy atom. The molecular weight excluding hydrogens is 388 g/mol. The van der Waals surface area contributed by atoms with Crippen molar-refractivity contribution < 1.29 is 13.2 Å². The number of rotatable bonds is 3. The van der Waals surface area contributed by atoms with Crippen LogP contribution in [-0.4, -0.2) is 19.3 Å². The van der Waals surface area contributed by atoms with Crippen molar-refractivity contribution in [1.29, 1.82) is 10.5 Å². The minimum atomic E-state index is -3.50. The van der Waals surface area contributed by atoms with E-state index >= 15 is 0 Å². The van der Waals surface area contributed by atoms with E-state index in [1.165, 1.54) is 18.2 Å². The Bertz CT molecular complexity index is 1430. The minimum Gasteiger partial charge on any atom is -0.361 e. The highest BCUT2D eigenvalue weighted by Gasteiger charge is 2.21. The van der Waals surface area contributed by atoms with Gasteiger partial charge in [0, 0.05) is 33.8 Å². The monoisotopic (exact) mass is 400 g/mol. The maximum atomic E-state index is 12.6. The first-order chi connectivity index (χ1) is 13.9. The Morgan fingerprint density at radius 2 is 1.97 bits per heavy atom. The number of anilines is 1. The van der Waals surface area contributed by atoms with Gasteiger partial charge in [0.05, 0.1) is 16.5 Å². The Balaban J connectivity index is 1.65. The number of amides is 1. The van der Waals surface area contributed by atoms with Crippen LogP contribution >= 0.6 is 0 Å². The first-order valence-corrected chi connectivity index (χ1v) is 9.97. The number of sulfone groups is 1. The molecule has 7 nitrogen and oxygen atoms in total. The summed E-state index contributed by atoms with van der Waals surface area (Å²) in [4.78, 5) is 15.7. The van der Waals surface area contributed by atoms with Gasteiger partial charge in [-0.05, 0) is 48.0 Å². The van der Waals surface area contributed by atoms with Crippen molar-refractivity contribution in [3.8, 4) is 12.1 Å². The first-order valence-electron chi connectivity index (χ1n) is 8.43. The summed E-state index contributed by atoms with van der Waals surface area (Å²) in [5, 5.41) is 22.9. The molecule has 0 saturated carbocycles. The minimum absolute atomic E-state index is 0.110. The largest absolute Gasteiger partial charge is 0.361 e. The van der Waals surface area contributed by atoms with Crippen molar-refractivity contribution in [3.05, 3.63) is 70.3 Å². The van der Waals surface area contributed by atoms with Gasteiger partial charge in [0.1, 0.15) is 11.6 Å². The molecule has 1 aliphatic rings. The lowest BCUT2D eigenvalue weighted by molar-refractivity contribution is -0.112. The molecule has 0 atom stereocenters. The lowest BCUT2D eigenvalue weighted by Gasteiger charge is -2.06. The van der Waals surface area contributed by atoms with Crippen molar-refractivity contribution >= 4 is 44.5 Å². The molecule has 0 aliphatic carbocycles. The van der Waals surface area contributed by atoms with Crippen LogP contribution in [0.1, 0.15) is 16.7 Å². The highest BCUT2D eigenvalue weighted by molar-refractivity contribution is 7.94. The number of nitrogens with zero attached hydrogens (tertiary/aromatic N) is 2. The van der Waals surface area contributed by atoms with Gasteiger partial charge < -0.3 is 10.3 Å². The summed E-state index contributed by atoms with van der Waals surface area (Å²) in [6.07, 6.45) is 4.55. The predicted octanol–water partition coefficient (Wildman–Crippen LogP) is 3.34. The number of nitrogens with one attached hydrogen (secondary N) is 2. The van der Waals surface area contributed by atoms with Crippen LogP contribution in [0.2, 0.25) is 0 Å². The zero-order chi connectivity index (χ0) is 20.6. The molecule has 140 valence electrons. The Kier molecular flexibility index (Phi) is 4.27. The second kappa shape index (κ2) is 6.79. The lowest BCUT2D eigenvalue weighted by Crippen LogP contribution is -2.13. The second-order valence-electron chi connectivity index (χ2n) is 6.34. The van der Waals surface area contributed by atoms with E-state index in [-0.39, 0.29) is 16.2 Å². The van der Waals surface area contributed by atoms with E-state index in [1.807, 2.05) is 6.07 Å². The quantitative estimate of drug-likeness (QED) is 0.515.